The normalized spacial score (nSPS) is 20.8. The number of carbonyl (C=O) groups is 2. The lowest BCUT2D eigenvalue weighted by molar-refractivity contribution is -0.127. The van der Waals surface area contributed by atoms with Gasteiger partial charge in [-0.05, 0) is 36.8 Å². The van der Waals surface area contributed by atoms with Gasteiger partial charge in [-0.3, -0.25) is 9.59 Å². The number of Topliss-reactive ketones (excluding diaryl/α,β-unsaturated/α-hetero) is 1. The van der Waals surface area contributed by atoms with Crippen molar-refractivity contribution in [2.45, 2.75) is 18.5 Å². The van der Waals surface area contributed by atoms with Crippen LogP contribution in [-0.4, -0.2) is 53.9 Å². The summed E-state index contributed by atoms with van der Waals surface area (Å²) in [5.74, 6) is 0.00173. The van der Waals surface area contributed by atoms with E-state index in [1.54, 1.807) is 18.2 Å². The second-order valence-corrected chi connectivity index (χ2v) is 7.43. The number of H-pyrrole nitrogens is 1. The zero-order valence-electron chi connectivity index (χ0n) is 15.6. The maximum atomic E-state index is 12.9. The fourth-order valence-electron chi connectivity index (χ4n) is 4.51. The molecule has 3 aromatic rings. The molecule has 0 radical (unpaired) electrons. The summed E-state index contributed by atoms with van der Waals surface area (Å²) in [4.78, 5) is 33.0. The Labute approximate surface area is 162 Å². The van der Waals surface area contributed by atoms with Crippen molar-refractivity contribution < 1.29 is 14.3 Å². The number of para-hydroxylation sites is 1. The predicted molar refractivity (Wildman–Crippen MR) is 107 cm³/mol. The van der Waals surface area contributed by atoms with Gasteiger partial charge in [0.25, 0.3) is 11.7 Å². The number of anilines is 1. The molecule has 2 bridgehead atoms. The van der Waals surface area contributed by atoms with E-state index in [0.29, 0.717) is 12.1 Å². The Morgan fingerprint density at radius 1 is 1.04 bits per heavy atom. The van der Waals surface area contributed by atoms with Crippen LogP contribution in [0.2, 0.25) is 0 Å². The van der Waals surface area contributed by atoms with Crippen LogP contribution in [0.3, 0.4) is 0 Å². The average Bonchev–Trinajstić information content (AvgIpc) is 3.46. The Hall–Kier alpha value is -3.28. The van der Waals surface area contributed by atoms with Gasteiger partial charge in [0.15, 0.2) is 0 Å². The quantitative estimate of drug-likeness (QED) is 0.563. The van der Waals surface area contributed by atoms with Gasteiger partial charge in [0.2, 0.25) is 0 Å². The maximum Gasteiger partial charge on any atom is 0.295 e. The average molecular weight is 375 g/mol. The van der Waals surface area contributed by atoms with Gasteiger partial charge in [-0.1, -0.05) is 18.2 Å². The third-order valence-corrected chi connectivity index (χ3v) is 5.93. The number of nitrogens with zero attached hydrogens (tertiary/aromatic N) is 2. The highest BCUT2D eigenvalue weighted by Crippen LogP contribution is 2.35. The van der Waals surface area contributed by atoms with Crippen LogP contribution in [0.1, 0.15) is 16.8 Å². The first kappa shape index (κ1) is 16.9. The summed E-state index contributed by atoms with van der Waals surface area (Å²) in [6.07, 6.45) is 2.54. The van der Waals surface area contributed by atoms with Crippen molar-refractivity contribution in [3.8, 4) is 5.75 Å². The molecule has 1 aromatic heterocycles. The van der Waals surface area contributed by atoms with Crippen LogP contribution in [0.5, 0.6) is 5.75 Å². The molecule has 0 aliphatic carbocycles. The molecule has 0 saturated carbocycles. The lowest BCUT2D eigenvalue weighted by Gasteiger charge is -2.35. The van der Waals surface area contributed by atoms with E-state index < -0.39 is 11.7 Å². The molecular formula is C22H21N3O3. The number of aromatic nitrogens is 1. The topological polar surface area (TPSA) is 65.6 Å². The summed E-state index contributed by atoms with van der Waals surface area (Å²) in [5, 5.41) is 0.796. The fourth-order valence-corrected chi connectivity index (χ4v) is 4.51. The highest BCUT2D eigenvalue weighted by atomic mass is 16.5. The van der Waals surface area contributed by atoms with Crippen molar-refractivity contribution in [1.82, 2.24) is 9.88 Å². The third kappa shape index (κ3) is 2.56. The molecule has 142 valence electrons. The van der Waals surface area contributed by atoms with E-state index in [4.69, 9.17) is 4.74 Å². The lowest BCUT2D eigenvalue weighted by atomic mass is 10.1. The fraction of sp³-hybridized carbons (Fsp3) is 0.273. The lowest BCUT2D eigenvalue weighted by Crippen LogP contribution is -2.50. The number of benzene rings is 2. The number of carbonyl (C=O) groups excluding carboxylic acids is 2. The summed E-state index contributed by atoms with van der Waals surface area (Å²) in [6.45, 7) is 1.34. The number of aromatic amines is 1. The Bertz CT molecular complexity index is 1060. The van der Waals surface area contributed by atoms with Crippen LogP contribution in [0.4, 0.5) is 5.69 Å². The molecule has 2 atom stereocenters. The van der Waals surface area contributed by atoms with Gasteiger partial charge in [-0.25, -0.2) is 0 Å². The van der Waals surface area contributed by atoms with Gasteiger partial charge in [-0.15, -0.1) is 0 Å². The van der Waals surface area contributed by atoms with Crippen molar-refractivity contribution in [3.63, 3.8) is 0 Å². The van der Waals surface area contributed by atoms with Crippen LogP contribution in [0.25, 0.3) is 10.9 Å². The zero-order chi connectivity index (χ0) is 19.3. The minimum Gasteiger partial charge on any atom is -0.497 e. The van der Waals surface area contributed by atoms with E-state index in [2.05, 4.69) is 9.88 Å². The smallest absolute Gasteiger partial charge is 0.295 e. The molecular weight excluding hydrogens is 354 g/mol. The third-order valence-electron chi connectivity index (χ3n) is 5.93. The number of hydrogen-bond donors (Lipinski definition) is 1. The largest absolute Gasteiger partial charge is 0.497 e. The molecule has 2 aliphatic rings. The number of methoxy groups -OCH3 is 1. The number of hydrogen-bond acceptors (Lipinski definition) is 4. The van der Waals surface area contributed by atoms with Crippen molar-refractivity contribution in [1.29, 1.82) is 0 Å². The second-order valence-electron chi connectivity index (χ2n) is 7.43. The molecule has 6 nitrogen and oxygen atoms in total. The van der Waals surface area contributed by atoms with Crippen LogP contribution in [-0.2, 0) is 4.79 Å². The Morgan fingerprint density at radius 2 is 1.82 bits per heavy atom. The monoisotopic (exact) mass is 375 g/mol. The highest BCUT2D eigenvalue weighted by Gasteiger charge is 2.46. The van der Waals surface area contributed by atoms with Crippen LogP contribution in [0.15, 0.2) is 54.7 Å². The molecule has 0 unspecified atom stereocenters. The summed E-state index contributed by atoms with van der Waals surface area (Å²) in [6, 6.07) is 15.9. The molecule has 1 N–H and O–H groups in total. The minimum absolute atomic E-state index is 0.0776. The second kappa shape index (κ2) is 6.41. The van der Waals surface area contributed by atoms with E-state index in [-0.39, 0.29) is 12.1 Å². The van der Waals surface area contributed by atoms with Gasteiger partial charge >= 0.3 is 0 Å². The van der Waals surface area contributed by atoms with Crippen molar-refractivity contribution >= 4 is 28.3 Å². The first-order chi connectivity index (χ1) is 13.7. The van der Waals surface area contributed by atoms with Gasteiger partial charge in [0.05, 0.1) is 18.7 Å². The number of rotatable bonds is 4. The van der Waals surface area contributed by atoms with Gasteiger partial charge in [0, 0.05) is 41.9 Å². The van der Waals surface area contributed by atoms with Crippen molar-refractivity contribution in [3.05, 3.63) is 60.3 Å². The number of piperazine rings is 1. The standard InChI is InChI=1S/C22H21N3O3/c1-28-17-8-6-14(7-9-17)24-12-16-10-15(24)13-25(16)22(27)21(26)19-11-23-20-5-3-2-4-18(19)20/h2-9,11,15-16,23H,10,12-13H2,1H3/t15-,16-/m0/s1. The number of ether oxygens (including phenoxy) is 1. The van der Waals surface area contributed by atoms with Crippen LogP contribution in [0, 0.1) is 0 Å². The predicted octanol–water partition coefficient (Wildman–Crippen LogP) is 2.85. The van der Waals surface area contributed by atoms with E-state index in [1.165, 1.54) is 0 Å². The van der Waals surface area contributed by atoms with Crippen molar-refractivity contribution in [2.24, 2.45) is 0 Å². The number of fused-ring (bicyclic) bond motifs is 3. The SMILES string of the molecule is COc1ccc(N2C[C@@H]3C[C@H]2CN3C(=O)C(=O)c2c[nH]c3ccccc23)cc1. The Morgan fingerprint density at radius 3 is 2.54 bits per heavy atom. The van der Waals surface area contributed by atoms with Crippen LogP contribution < -0.4 is 9.64 Å². The van der Waals surface area contributed by atoms with E-state index >= 15 is 0 Å². The molecule has 2 aliphatic heterocycles. The number of nitrogens with one attached hydrogen (secondary N) is 1. The molecule has 0 spiro atoms. The van der Waals surface area contributed by atoms with E-state index in [0.717, 1.165) is 35.3 Å². The highest BCUT2D eigenvalue weighted by molar-refractivity contribution is 6.45. The molecule has 5 rings (SSSR count). The maximum absolute atomic E-state index is 12.9. The van der Waals surface area contributed by atoms with Crippen LogP contribution >= 0.6 is 0 Å². The van der Waals surface area contributed by atoms with Gasteiger partial charge < -0.3 is 19.5 Å². The summed E-state index contributed by atoms with van der Waals surface area (Å²) in [5.41, 5.74) is 2.45. The minimum atomic E-state index is -0.430. The Kier molecular flexibility index (Phi) is 3.86. The molecule has 2 saturated heterocycles. The van der Waals surface area contributed by atoms with Gasteiger partial charge in [0.1, 0.15) is 5.75 Å². The summed E-state index contributed by atoms with van der Waals surface area (Å²) in [7, 11) is 1.65. The van der Waals surface area contributed by atoms with E-state index in [1.807, 2.05) is 48.5 Å². The number of likely N-dealkylation sites (tertiary alicyclic amines) is 1. The van der Waals surface area contributed by atoms with Gasteiger partial charge in [-0.2, -0.15) is 0 Å². The molecule has 2 fully saturated rings. The molecule has 6 heteroatoms. The molecule has 28 heavy (non-hydrogen) atoms. The zero-order valence-corrected chi connectivity index (χ0v) is 15.6. The number of amides is 1. The molecule has 2 aromatic carbocycles. The molecule has 3 heterocycles. The summed E-state index contributed by atoms with van der Waals surface area (Å²) >= 11 is 0. The Balaban J connectivity index is 1.32. The number of ketones is 1. The first-order valence-electron chi connectivity index (χ1n) is 9.48. The first-order valence-corrected chi connectivity index (χ1v) is 9.48. The van der Waals surface area contributed by atoms with E-state index in [9.17, 15) is 9.59 Å². The summed E-state index contributed by atoms with van der Waals surface area (Å²) < 4.78 is 5.22. The van der Waals surface area contributed by atoms with Crippen molar-refractivity contribution in [2.75, 3.05) is 25.1 Å². The molecule has 1 amide bonds.